The van der Waals surface area contributed by atoms with Crippen LogP contribution in [0.5, 0.6) is 11.5 Å². The molecule has 0 aliphatic carbocycles. The fourth-order valence-corrected chi connectivity index (χ4v) is 2.96. The van der Waals surface area contributed by atoms with E-state index in [9.17, 15) is 4.79 Å². The lowest BCUT2D eigenvalue weighted by atomic mass is 10.0. The number of benzene rings is 1. The molecule has 0 amide bonds. The summed E-state index contributed by atoms with van der Waals surface area (Å²) in [5.74, 6) is 1.09. The van der Waals surface area contributed by atoms with E-state index in [1.54, 1.807) is 19.2 Å². The number of aromatic nitrogens is 3. The van der Waals surface area contributed by atoms with Gasteiger partial charge in [0.05, 0.1) is 24.9 Å². The highest BCUT2D eigenvalue weighted by atomic mass is 35.5. The molecule has 0 fully saturated rings. The highest BCUT2D eigenvalue weighted by Gasteiger charge is 2.18. The van der Waals surface area contributed by atoms with Crippen LogP contribution in [0.3, 0.4) is 0 Å². The molecule has 7 nitrogen and oxygen atoms in total. The maximum Gasteiger partial charge on any atom is 0.275 e. The van der Waals surface area contributed by atoms with Gasteiger partial charge in [-0.05, 0) is 13.0 Å². The molecule has 0 saturated carbocycles. The minimum absolute atomic E-state index is 0.0398. The molecule has 0 bridgehead atoms. The molecule has 3 N–H and O–H groups in total. The van der Waals surface area contributed by atoms with E-state index < -0.39 is 0 Å². The van der Waals surface area contributed by atoms with E-state index in [0.717, 1.165) is 5.56 Å². The Balaban J connectivity index is 2.35. The number of fused-ring (bicyclic) bond motifs is 1. The van der Waals surface area contributed by atoms with Crippen molar-refractivity contribution in [2.45, 2.75) is 6.92 Å². The molecule has 1 aromatic carbocycles. The van der Waals surface area contributed by atoms with Crippen molar-refractivity contribution in [3.8, 4) is 22.8 Å². The number of nitrogens with zero attached hydrogens (tertiary/aromatic N) is 2. The van der Waals surface area contributed by atoms with Crippen LogP contribution in [0.1, 0.15) is 5.56 Å². The lowest BCUT2D eigenvalue weighted by Gasteiger charge is -2.16. The second-order valence-corrected chi connectivity index (χ2v) is 5.52. The quantitative estimate of drug-likeness (QED) is 0.755. The molecule has 0 aliphatic heterocycles. The van der Waals surface area contributed by atoms with Crippen LogP contribution < -0.4 is 20.8 Å². The molecule has 124 valence electrons. The Bertz CT molecular complexity index is 973. The third-order valence-corrected chi connectivity index (χ3v) is 4.13. The molecule has 0 spiro atoms. The van der Waals surface area contributed by atoms with Crippen LogP contribution in [0.15, 0.2) is 23.1 Å². The van der Waals surface area contributed by atoms with Crippen molar-refractivity contribution in [3.63, 3.8) is 0 Å². The zero-order valence-corrected chi connectivity index (χ0v) is 14.1. The normalized spacial score (nSPS) is 10.8. The average molecular weight is 347 g/mol. The third kappa shape index (κ3) is 2.52. The standard InChI is InChI=1S/C16H15ClN4O3/c1-7-10(23-2)5-11(24-3)13(17)12(7)9-4-8-6-19-16(18)21-14(8)15(22)20-9/h4-6H,1-3H3,(H,20,22)(H2,18,19,21). The van der Waals surface area contributed by atoms with Gasteiger partial charge in [-0.3, -0.25) is 4.79 Å². The fourth-order valence-electron chi connectivity index (χ4n) is 2.58. The van der Waals surface area contributed by atoms with Crippen molar-refractivity contribution >= 4 is 28.5 Å². The predicted molar refractivity (Wildman–Crippen MR) is 92.9 cm³/mol. The number of H-pyrrole nitrogens is 1. The summed E-state index contributed by atoms with van der Waals surface area (Å²) in [5.41, 5.74) is 7.28. The van der Waals surface area contributed by atoms with Crippen LogP contribution in [0.4, 0.5) is 5.95 Å². The third-order valence-electron chi connectivity index (χ3n) is 3.75. The molecule has 2 heterocycles. The van der Waals surface area contributed by atoms with E-state index in [1.165, 1.54) is 13.3 Å². The molecular formula is C16H15ClN4O3. The first-order chi connectivity index (χ1) is 11.5. The molecule has 0 radical (unpaired) electrons. The van der Waals surface area contributed by atoms with Crippen molar-refractivity contribution in [1.82, 2.24) is 15.0 Å². The van der Waals surface area contributed by atoms with Gasteiger partial charge in [0.1, 0.15) is 17.0 Å². The number of nitrogen functional groups attached to an aromatic ring is 1. The van der Waals surface area contributed by atoms with Crippen LogP contribution in [0.25, 0.3) is 22.2 Å². The zero-order chi connectivity index (χ0) is 17.4. The second kappa shape index (κ2) is 6.01. The van der Waals surface area contributed by atoms with E-state index in [2.05, 4.69) is 15.0 Å². The number of nitrogens with two attached hydrogens (primary N) is 1. The maximum absolute atomic E-state index is 12.3. The van der Waals surface area contributed by atoms with E-state index in [1.807, 2.05) is 6.92 Å². The first kappa shape index (κ1) is 16.1. The monoisotopic (exact) mass is 346 g/mol. The Morgan fingerprint density at radius 3 is 2.58 bits per heavy atom. The first-order valence-corrected chi connectivity index (χ1v) is 7.41. The molecule has 0 aliphatic rings. The Kier molecular flexibility index (Phi) is 4.02. The SMILES string of the molecule is COc1cc(OC)c(Cl)c(-c2cc3cnc(N)nc3c(=O)[nH]2)c1C. The molecule has 3 rings (SSSR count). The highest BCUT2D eigenvalue weighted by molar-refractivity contribution is 6.35. The van der Waals surface area contributed by atoms with Gasteiger partial charge in [0.25, 0.3) is 5.56 Å². The van der Waals surface area contributed by atoms with Crippen molar-refractivity contribution in [2.24, 2.45) is 0 Å². The first-order valence-electron chi connectivity index (χ1n) is 7.03. The molecule has 0 atom stereocenters. The largest absolute Gasteiger partial charge is 0.496 e. The Morgan fingerprint density at radius 2 is 1.92 bits per heavy atom. The van der Waals surface area contributed by atoms with Crippen molar-refractivity contribution in [1.29, 1.82) is 0 Å². The summed E-state index contributed by atoms with van der Waals surface area (Å²) in [5, 5.41) is 0.933. The summed E-state index contributed by atoms with van der Waals surface area (Å²) in [6.07, 6.45) is 1.50. The Hall–Kier alpha value is -2.80. The molecule has 0 unspecified atom stereocenters. The van der Waals surface area contributed by atoms with Gasteiger partial charge in [-0.25, -0.2) is 9.97 Å². The van der Waals surface area contributed by atoms with Gasteiger partial charge in [0.15, 0.2) is 0 Å². The van der Waals surface area contributed by atoms with Crippen LogP contribution in [-0.2, 0) is 0 Å². The number of methoxy groups -OCH3 is 2. The summed E-state index contributed by atoms with van der Waals surface area (Å²) in [7, 11) is 3.07. The van der Waals surface area contributed by atoms with Gasteiger partial charge in [0.2, 0.25) is 5.95 Å². The average Bonchev–Trinajstić information content (AvgIpc) is 2.56. The van der Waals surface area contributed by atoms with Crippen LogP contribution in [-0.4, -0.2) is 29.2 Å². The van der Waals surface area contributed by atoms with E-state index in [0.29, 0.717) is 33.2 Å². The molecular weight excluding hydrogens is 332 g/mol. The minimum Gasteiger partial charge on any atom is -0.496 e. The lowest BCUT2D eigenvalue weighted by molar-refractivity contribution is 0.393. The van der Waals surface area contributed by atoms with E-state index >= 15 is 0 Å². The molecule has 0 saturated heterocycles. The number of hydrogen-bond donors (Lipinski definition) is 2. The Morgan fingerprint density at radius 1 is 1.21 bits per heavy atom. The van der Waals surface area contributed by atoms with Gasteiger partial charge in [-0.15, -0.1) is 0 Å². The topological polar surface area (TPSA) is 103 Å². The summed E-state index contributed by atoms with van der Waals surface area (Å²) < 4.78 is 10.7. The summed E-state index contributed by atoms with van der Waals surface area (Å²) in [6.45, 7) is 1.85. The Labute approximate surface area is 142 Å². The lowest BCUT2D eigenvalue weighted by Crippen LogP contribution is -2.11. The highest BCUT2D eigenvalue weighted by Crippen LogP contribution is 2.42. The van der Waals surface area contributed by atoms with Crippen molar-refractivity contribution in [2.75, 3.05) is 20.0 Å². The smallest absolute Gasteiger partial charge is 0.275 e. The zero-order valence-electron chi connectivity index (χ0n) is 13.3. The fraction of sp³-hybridized carbons (Fsp3) is 0.188. The molecule has 3 aromatic rings. The van der Waals surface area contributed by atoms with Gasteiger partial charge < -0.3 is 20.2 Å². The van der Waals surface area contributed by atoms with Gasteiger partial charge in [-0.1, -0.05) is 11.6 Å². The van der Waals surface area contributed by atoms with E-state index in [-0.39, 0.29) is 17.0 Å². The van der Waals surface area contributed by atoms with Crippen molar-refractivity contribution in [3.05, 3.63) is 39.3 Å². The van der Waals surface area contributed by atoms with Gasteiger partial charge >= 0.3 is 0 Å². The van der Waals surface area contributed by atoms with E-state index in [4.69, 9.17) is 26.8 Å². The number of rotatable bonds is 3. The number of anilines is 1. The molecule has 2 aromatic heterocycles. The maximum atomic E-state index is 12.3. The van der Waals surface area contributed by atoms with Crippen LogP contribution in [0, 0.1) is 6.92 Å². The number of nitrogens with one attached hydrogen (secondary N) is 1. The summed E-state index contributed by atoms with van der Waals surface area (Å²) >= 11 is 6.45. The summed E-state index contributed by atoms with van der Waals surface area (Å²) in [4.78, 5) is 23.0. The van der Waals surface area contributed by atoms with Crippen molar-refractivity contribution < 1.29 is 9.47 Å². The second-order valence-electron chi connectivity index (χ2n) is 5.14. The van der Waals surface area contributed by atoms with Crippen LogP contribution >= 0.6 is 11.6 Å². The number of hydrogen-bond acceptors (Lipinski definition) is 6. The summed E-state index contributed by atoms with van der Waals surface area (Å²) in [6, 6.07) is 3.44. The van der Waals surface area contributed by atoms with Gasteiger partial charge in [-0.2, -0.15) is 0 Å². The number of ether oxygens (including phenoxy) is 2. The van der Waals surface area contributed by atoms with Crippen LogP contribution in [0.2, 0.25) is 5.02 Å². The molecule has 24 heavy (non-hydrogen) atoms. The molecule has 8 heteroatoms. The van der Waals surface area contributed by atoms with Gasteiger partial charge in [0, 0.05) is 28.8 Å². The number of pyridine rings is 1. The number of aromatic amines is 1. The minimum atomic E-state index is -0.381. The number of halogens is 1. The predicted octanol–water partition coefficient (Wildman–Crippen LogP) is 2.55.